The molecule has 1 saturated heterocycles. The van der Waals surface area contributed by atoms with Crippen LogP contribution in [0.5, 0.6) is 0 Å². The van der Waals surface area contributed by atoms with Crippen molar-refractivity contribution in [2.75, 3.05) is 20.6 Å². The predicted molar refractivity (Wildman–Crippen MR) is 78.4 cm³/mol. The molecule has 2 amide bonds. The first kappa shape index (κ1) is 13.9. The van der Waals surface area contributed by atoms with Crippen molar-refractivity contribution in [3.8, 4) is 0 Å². The maximum absolute atomic E-state index is 12.1. The maximum Gasteiger partial charge on any atom is 0.319 e. The van der Waals surface area contributed by atoms with Crippen molar-refractivity contribution in [2.24, 2.45) is 0 Å². The van der Waals surface area contributed by atoms with Gasteiger partial charge in [-0.15, -0.1) is 0 Å². The quantitative estimate of drug-likeness (QED) is 0.802. The second kappa shape index (κ2) is 5.64. The summed E-state index contributed by atoms with van der Waals surface area (Å²) >= 11 is 0. The normalized spacial score (nSPS) is 18.7. The Morgan fingerprint density at radius 3 is 2.79 bits per heavy atom. The van der Waals surface area contributed by atoms with E-state index in [2.05, 4.69) is 32.0 Å². The SMILES string of the molecule is Cc1ccc(C)c(CC2CCCN2C(=O)N(C)C)c1. The number of nitrogens with zero attached hydrogens (tertiary/aromatic N) is 2. The summed E-state index contributed by atoms with van der Waals surface area (Å²) in [4.78, 5) is 15.9. The molecule has 1 aromatic carbocycles. The fourth-order valence-corrected chi connectivity index (χ4v) is 2.83. The summed E-state index contributed by atoms with van der Waals surface area (Å²) < 4.78 is 0. The molecule has 19 heavy (non-hydrogen) atoms. The van der Waals surface area contributed by atoms with Gasteiger partial charge in [-0.3, -0.25) is 0 Å². The molecule has 0 spiro atoms. The number of rotatable bonds is 2. The molecule has 3 heteroatoms. The Balaban J connectivity index is 2.13. The molecule has 1 aliphatic rings. The highest BCUT2D eigenvalue weighted by Crippen LogP contribution is 2.24. The average Bonchev–Trinajstić information content (AvgIpc) is 2.81. The van der Waals surface area contributed by atoms with Gasteiger partial charge in [-0.25, -0.2) is 4.79 Å². The molecule has 1 fully saturated rings. The molecule has 1 aromatic rings. The predicted octanol–water partition coefficient (Wildman–Crippen LogP) is 2.99. The van der Waals surface area contributed by atoms with E-state index in [4.69, 9.17) is 0 Å². The Kier molecular flexibility index (Phi) is 4.13. The summed E-state index contributed by atoms with van der Waals surface area (Å²) in [5.41, 5.74) is 4.00. The van der Waals surface area contributed by atoms with E-state index in [1.165, 1.54) is 16.7 Å². The summed E-state index contributed by atoms with van der Waals surface area (Å²) in [6, 6.07) is 7.09. The molecular formula is C16H24N2O. The Morgan fingerprint density at radius 2 is 2.11 bits per heavy atom. The van der Waals surface area contributed by atoms with Crippen molar-refractivity contribution in [1.82, 2.24) is 9.80 Å². The third-order valence-electron chi connectivity index (χ3n) is 3.97. The first-order valence-corrected chi connectivity index (χ1v) is 7.03. The monoisotopic (exact) mass is 260 g/mol. The van der Waals surface area contributed by atoms with Gasteiger partial charge < -0.3 is 9.80 Å². The molecule has 104 valence electrons. The lowest BCUT2D eigenvalue weighted by Crippen LogP contribution is -2.43. The zero-order valence-corrected chi connectivity index (χ0v) is 12.4. The number of urea groups is 1. The van der Waals surface area contributed by atoms with Crippen LogP contribution in [0.3, 0.4) is 0 Å². The first-order valence-electron chi connectivity index (χ1n) is 7.03. The molecule has 1 aliphatic heterocycles. The molecule has 3 nitrogen and oxygen atoms in total. The van der Waals surface area contributed by atoms with Crippen LogP contribution in [0.15, 0.2) is 18.2 Å². The highest BCUT2D eigenvalue weighted by Gasteiger charge is 2.29. The minimum absolute atomic E-state index is 0.146. The molecule has 0 aromatic heterocycles. The van der Waals surface area contributed by atoms with Gasteiger partial charge in [-0.2, -0.15) is 0 Å². The number of aryl methyl sites for hydroxylation is 2. The Hall–Kier alpha value is -1.51. The van der Waals surface area contributed by atoms with Gasteiger partial charge in [0.15, 0.2) is 0 Å². The maximum atomic E-state index is 12.1. The van der Waals surface area contributed by atoms with E-state index < -0.39 is 0 Å². The lowest BCUT2D eigenvalue weighted by atomic mass is 9.98. The van der Waals surface area contributed by atoms with E-state index in [9.17, 15) is 4.79 Å². The summed E-state index contributed by atoms with van der Waals surface area (Å²) in [6.07, 6.45) is 3.22. The zero-order valence-electron chi connectivity index (χ0n) is 12.4. The largest absolute Gasteiger partial charge is 0.331 e. The van der Waals surface area contributed by atoms with Gasteiger partial charge in [0.25, 0.3) is 0 Å². The summed E-state index contributed by atoms with van der Waals surface area (Å²) in [7, 11) is 3.66. The van der Waals surface area contributed by atoms with Crippen LogP contribution in [-0.2, 0) is 6.42 Å². The van der Waals surface area contributed by atoms with Gasteiger partial charge in [-0.1, -0.05) is 23.8 Å². The van der Waals surface area contributed by atoms with Crippen molar-refractivity contribution < 1.29 is 4.79 Å². The third-order valence-corrected chi connectivity index (χ3v) is 3.97. The van der Waals surface area contributed by atoms with Crippen LogP contribution < -0.4 is 0 Å². The fraction of sp³-hybridized carbons (Fsp3) is 0.562. The van der Waals surface area contributed by atoms with Crippen LogP contribution in [0.25, 0.3) is 0 Å². The summed E-state index contributed by atoms with van der Waals surface area (Å²) in [5.74, 6) is 0. The topological polar surface area (TPSA) is 23.6 Å². The minimum atomic E-state index is 0.146. The lowest BCUT2D eigenvalue weighted by molar-refractivity contribution is 0.165. The van der Waals surface area contributed by atoms with Crippen molar-refractivity contribution in [3.63, 3.8) is 0 Å². The Bertz CT molecular complexity index is 468. The summed E-state index contributed by atoms with van der Waals surface area (Å²) in [5, 5.41) is 0. The van der Waals surface area contributed by atoms with Crippen LogP contribution in [0, 0.1) is 13.8 Å². The van der Waals surface area contributed by atoms with Crippen LogP contribution in [0.4, 0.5) is 4.79 Å². The van der Waals surface area contributed by atoms with Gasteiger partial charge in [0.2, 0.25) is 0 Å². The number of amides is 2. The van der Waals surface area contributed by atoms with Crippen LogP contribution >= 0.6 is 0 Å². The number of likely N-dealkylation sites (tertiary alicyclic amines) is 1. The van der Waals surface area contributed by atoms with Gasteiger partial charge in [0.05, 0.1) is 0 Å². The number of carbonyl (C=O) groups is 1. The molecule has 0 aliphatic carbocycles. The van der Waals surface area contributed by atoms with E-state index in [-0.39, 0.29) is 6.03 Å². The molecular weight excluding hydrogens is 236 g/mol. The second-order valence-corrected chi connectivity index (χ2v) is 5.80. The lowest BCUT2D eigenvalue weighted by Gasteiger charge is -2.28. The Morgan fingerprint density at radius 1 is 1.37 bits per heavy atom. The van der Waals surface area contributed by atoms with E-state index in [1.54, 1.807) is 4.90 Å². The number of hydrogen-bond acceptors (Lipinski definition) is 1. The van der Waals surface area contributed by atoms with E-state index in [0.717, 1.165) is 25.8 Å². The molecule has 1 atom stereocenters. The highest BCUT2D eigenvalue weighted by molar-refractivity contribution is 5.74. The van der Waals surface area contributed by atoms with Crippen molar-refractivity contribution in [3.05, 3.63) is 34.9 Å². The molecule has 1 heterocycles. The first-order chi connectivity index (χ1) is 8.99. The number of carbonyl (C=O) groups excluding carboxylic acids is 1. The number of hydrogen-bond donors (Lipinski definition) is 0. The second-order valence-electron chi connectivity index (χ2n) is 5.80. The molecule has 0 N–H and O–H groups in total. The van der Waals surface area contributed by atoms with Crippen LogP contribution in [-0.4, -0.2) is 42.5 Å². The Labute approximate surface area is 116 Å². The van der Waals surface area contributed by atoms with Crippen LogP contribution in [0.2, 0.25) is 0 Å². The highest BCUT2D eigenvalue weighted by atomic mass is 16.2. The van der Waals surface area contributed by atoms with Gasteiger partial charge in [0, 0.05) is 26.7 Å². The van der Waals surface area contributed by atoms with E-state index in [0.29, 0.717) is 6.04 Å². The van der Waals surface area contributed by atoms with Gasteiger partial charge in [-0.05, 0) is 44.2 Å². The molecule has 2 rings (SSSR count). The van der Waals surface area contributed by atoms with E-state index in [1.807, 2.05) is 19.0 Å². The number of benzene rings is 1. The third kappa shape index (κ3) is 3.09. The fourth-order valence-electron chi connectivity index (χ4n) is 2.83. The molecule has 0 saturated carbocycles. The molecule has 0 radical (unpaired) electrons. The van der Waals surface area contributed by atoms with E-state index >= 15 is 0 Å². The minimum Gasteiger partial charge on any atom is -0.331 e. The smallest absolute Gasteiger partial charge is 0.319 e. The average molecular weight is 260 g/mol. The zero-order chi connectivity index (χ0) is 14.0. The standard InChI is InChI=1S/C16H24N2O/c1-12-7-8-13(2)14(10-12)11-15-6-5-9-18(15)16(19)17(3)4/h7-8,10,15H,5-6,9,11H2,1-4H3. The van der Waals surface area contributed by atoms with Crippen molar-refractivity contribution in [2.45, 2.75) is 39.2 Å². The summed E-state index contributed by atoms with van der Waals surface area (Å²) in [6.45, 7) is 5.18. The van der Waals surface area contributed by atoms with Crippen LogP contribution in [0.1, 0.15) is 29.5 Å². The van der Waals surface area contributed by atoms with Gasteiger partial charge in [0.1, 0.15) is 0 Å². The molecule has 1 unspecified atom stereocenters. The van der Waals surface area contributed by atoms with Crippen molar-refractivity contribution in [1.29, 1.82) is 0 Å². The van der Waals surface area contributed by atoms with Gasteiger partial charge >= 0.3 is 6.03 Å². The molecule has 0 bridgehead atoms. The van der Waals surface area contributed by atoms with Crippen molar-refractivity contribution >= 4 is 6.03 Å².